The molecule has 5 aromatic rings. The molecular weight excluding hydrogens is 775 g/mol. The van der Waals surface area contributed by atoms with Crippen molar-refractivity contribution in [1.82, 2.24) is 0 Å². The Labute approximate surface area is 316 Å². The molecule has 6 rings (SSSR count). The van der Waals surface area contributed by atoms with Crippen LogP contribution >= 0.6 is 22.6 Å². The first kappa shape index (κ1) is 37.0. The van der Waals surface area contributed by atoms with Crippen LogP contribution in [-0.2, 0) is 24.5 Å². The van der Waals surface area contributed by atoms with Gasteiger partial charge in [-0.3, -0.25) is 0 Å². The molecule has 1 aliphatic heterocycles. The summed E-state index contributed by atoms with van der Waals surface area (Å²) in [5.74, 6) is 0.231. The second kappa shape index (κ2) is 17.6. The van der Waals surface area contributed by atoms with E-state index in [4.69, 9.17) is 33.2 Å². The number of benzene rings is 5. The first-order valence-corrected chi connectivity index (χ1v) is 18.0. The van der Waals surface area contributed by atoms with E-state index in [9.17, 15) is 9.59 Å². The van der Waals surface area contributed by atoms with E-state index >= 15 is 0 Å². The summed E-state index contributed by atoms with van der Waals surface area (Å²) >= 11 is 2.11. The van der Waals surface area contributed by atoms with E-state index in [0.717, 1.165) is 38.2 Å². The highest BCUT2D eigenvalue weighted by atomic mass is 127. The first-order chi connectivity index (χ1) is 25.4. The Balaban J connectivity index is 1.24. The highest BCUT2D eigenvalue weighted by Crippen LogP contribution is 2.42. The van der Waals surface area contributed by atoms with Crippen molar-refractivity contribution in [2.45, 2.75) is 24.7 Å². The third kappa shape index (κ3) is 8.47. The van der Waals surface area contributed by atoms with Crippen molar-refractivity contribution < 1.29 is 42.7 Å². The molecule has 0 unspecified atom stereocenters. The fraction of sp³-hybridized carbons (Fsp3) is 0.238. The maximum absolute atomic E-state index is 13.8. The van der Waals surface area contributed by atoms with E-state index in [1.54, 1.807) is 56.7 Å². The zero-order valence-electron chi connectivity index (χ0n) is 28.9. The average molecular weight is 815 g/mol. The average Bonchev–Trinajstić information content (AvgIpc) is 3.21. The maximum Gasteiger partial charge on any atom is 0.343 e. The van der Waals surface area contributed by atoms with Crippen molar-refractivity contribution in [2.24, 2.45) is 0 Å². The molecule has 52 heavy (non-hydrogen) atoms. The quantitative estimate of drug-likeness (QED) is 0.0359. The lowest BCUT2D eigenvalue weighted by Crippen LogP contribution is -2.33. The van der Waals surface area contributed by atoms with Crippen molar-refractivity contribution in [3.05, 3.63) is 158 Å². The number of esters is 2. The number of carbonyl (C=O) groups is 2. The van der Waals surface area contributed by atoms with Crippen LogP contribution in [0.5, 0.6) is 17.2 Å². The smallest absolute Gasteiger partial charge is 0.343 e. The van der Waals surface area contributed by atoms with Crippen LogP contribution in [0.2, 0.25) is 0 Å². The zero-order valence-corrected chi connectivity index (χ0v) is 31.1. The molecule has 0 saturated carbocycles. The Morgan fingerprint density at radius 1 is 0.712 bits per heavy atom. The van der Waals surface area contributed by atoms with Crippen molar-refractivity contribution in [3.63, 3.8) is 0 Å². The molecule has 1 saturated heterocycles. The molecule has 1 heterocycles. The molecule has 0 amide bonds. The largest absolute Gasteiger partial charge is 0.497 e. The molecule has 0 bridgehead atoms. The van der Waals surface area contributed by atoms with Gasteiger partial charge in [0.25, 0.3) is 0 Å². The summed E-state index contributed by atoms with van der Waals surface area (Å²) in [5, 5.41) is 0. The molecule has 268 valence electrons. The van der Waals surface area contributed by atoms with Crippen LogP contribution in [0.1, 0.15) is 62.1 Å². The molecule has 0 spiro atoms. The van der Waals surface area contributed by atoms with Crippen LogP contribution in [0.25, 0.3) is 0 Å². The number of hydrogen-bond donors (Lipinski definition) is 0. The van der Waals surface area contributed by atoms with Gasteiger partial charge in [-0.2, -0.15) is 0 Å². The van der Waals surface area contributed by atoms with Gasteiger partial charge in [-0.1, -0.05) is 72.8 Å². The second-order valence-corrected chi connectivity index (χ2v) is 13.1. The number of rotatable bonds is 14. The predicted molar refractivity (Wildman–Crippen MR) is 203 cm³/mol. The molecule has 5 aromatic carbocycles. The molecule has 0 radical (unpaired) electrons. The van der Waals surface area contributed by atoms with Gasteiger partial charge in [0.2, 0.25) is 0 Å². The van der Waals surface area contributed by atoms with Crippen molar-refractivity contribution in [3.8, 4) is 17.2 Å². The van der Waals surface area contributed by atoms with Crippen molar-refractivity contribution in [1.29, 1.82) is 0 Å². The number of carbonyl (C=O) groups excluding carboxylic acids is 2. The second-order valence-electron chi connectivity index (χ2n) is 11.9. The van der Waals surface area contributed by atoms with Gasteiger partial charge in [-0.25, -0.2) is 9.59 Å². The minimum atomic E-state index is -1.01. The fourth-order valence-corrected chi connectivity index (χ4v) is 6.70. The summed E-state index contributed by atoms with van der Waals surface area (Å²) in [6, 6.07) is 37.6. The third-order valence-corrected chi connectivity index (χ3v) is 9.22. The highest BCUT2D eigenvalue weighted by molar-refractivity contribution is 14.1. The Morgan fingerprint density at radius 2 is 1.27 bits per heavy atom. The lowest BCUT2D eigenvalue weighted by Gasteiger charge is -2.36. The van der Waals surface area contributed by atoms with Gasteiger partial charge < -0.3 is 33.2 Å². The number of ether oxygens (including phenoxy) is 7. The molecular formula is C42H39IO9. The summed E-state index contributed by atoms with van der Waals surface area (Å²) in [4.78, 5) is 27.0. The Bertz CT molecular complexity index is 1880. The monoisotopic (exact) mass is 814 g/mol. The van der Waals surface area contributed by atoms with Gasteiger partial charge >= 0.3 is 11.9 Å². The molecule has 1 fully saturated rings. The summed E-state index contributed by atoms with van der Waals surface area (Å²) < 4.78 is 42.0. The van der Waals surface area contributed by atoms with Crippen LogP contribution in [0.4, 0.5) is 0 Å². The lowest BCUT2D eigenvalue weighted by molar-refractivity contribution is -0.183. The summed E-state index contributed by atoms with van der Waals surface area (Å²) in [7, 11) is 3.26. The predicted octanol–water partition coefficient (Wildman–Crippen LogP) is 8.52. The van der Waals surface area contributed by atoms with E-state index in [2.05, 4.69) is 22.6 Å². The summed E-state index contributed by atoms with van der Waals surface area (Å²) in [5.41, 5.74) is 2.58. The molecule has 10 heteroatoms. The van der Waals surface area contributed by atoms with Crippen LogP contribution in [0, 0.1) is 3.57 Å². The van der Waals surface area contributed by atoms with Crippen LogP contribution in [-0.4, -0.2) is 52.6 Å². The van der Waals surface area contributed by atoms with Gasteiger partial charge in [0, 0.05) is 9.99 Å². The topological polar surface area (TPSA) is 98.8 Å². The van der Waals surface area contributed by atoms with E-state index in [0.29, 0.717) is 30.8 Å². The Kier molecular flexibility index (Phi) is 12.6. The van der Waals surface area contributed by atoms with E-state index < -0.39 is 23.8 Å². The maximum atomic E-state index is 13.8. The SMILES string of the molecule is COc1ccc(C(OCCCOC(=O)c2cc(I)cc(C3OCCCO3)c2OC(=O)c2ccccc2)(c2ccccc2)c2ccc(OC)cc2)cc1. The molecule has 0 aliphatic carbocycles. The van der Waals surface area contributed by atoms with Crippen molar-refractivity contribution >= 4 is 34.5 Å². The Morgan fingerprint density at radius 3 is 1.85 bits per heavy atom. The number of methoxy groups -OCH3 is 2. The fourth-order valence-electron chi connectivity index (χ4n) is 6.05. The van der Waals surface area contributed by atoms with E-state index in [1.165, 1.54) is 0 Å². The van der Waals surface area contributed by atoms with E-state index in [-0.39, 0.29) is 24.5 Å². The van der Waals surface area contributed by atoms with Crippen LogP contribution in [0.15, 0.2) is 121 Å². The molecule has 0 atom stereocenters. The molecule has 1 aliphatic rings. The summed E-state index contributed by atoms with van der Waals surface area (Å²) in [6.45, 7) is 1.22. The highest BCUT2D eigenvalue weighted by Gasteiger charge is 2.38. The van der Waals surface area contributed by atoms with Crippen molar-refractivity contribution in [2.75, 3.05) is 40.6 Å². The van der Waals surface area contributed by atoms with Gasteiger partial charge in [0.15, 0.2) is 12.0 Å². The number of hydrogen-bond acceptors (Lipinski definition) is 9. The molecule has 0 N–H and O–H groups in total. The Hall–Kier alpha value is -4.75. The molecule has 9 nitrogen and oxygen atoms in total. The van der Waals surface area contributed by atoms with Gasteiger partial charge in [-0.15, -0.1) is 0 Å². The normalized spacial score (nSPS) is 13.3. The van der Waals surface area contributed by atoms with Gasteiger partial charge in [0.1, 0.15) is 22.7 Å². The number of halogens is 1. The molecule has 0 aromatic heterocycles. The van der Waals surface area contributed by atoms with Gasteiger partial charge in [0.05, 0.1) is 51.8 Å². The van der Waals surface area contributed by atoms with Gasteiger partial charge in [-0.05, 0) is 94.2 Å². The summed E-state index contributed by atoms with van der Waals surface area (Å²) in [6.07, 6.45) is 0.306. The van der Waals surface area contributed by atoms with Crippen LogP contribution in [0.3, 0.4) is 0 Å². The zero-order chi connectivity index (χ0) is 36.3. The lowest BCUT2D eigenvalue weighted by atomic mass is 9.80. The van der Waals surface area contributed by atoms with E-state index in [1.807, 2.05) is 78.9 Å². The van der Waals surface area contributed by atoms with Crippen LogP contribution < -0.4 is 14.2 Å². The third-order valence-electron chi connectivity index (χ3n) is 8.60. The minimum Gasteiger partial charge on any atom is -0.497 e. The first-order valence-electron chi connectivity index (χ1n) is 16.9. The minimum absolute atomic E-state index is 0.0399. The standard InChI is InChI=1S/C42H39IO9/c1-46-34-19-15-31(16-20-34)42(30-13-7-4-8-14-30,32-17-21-35(47-2)22-18-32)51-26-10-23-48-40(45)36-27-33(43)28-37(41-49-24-9-25-50-41)38(36)52-39(44)29-11-5-3-6-12-29/h3-8,11-22,27-28,41H,9-10,23-26H2,1-2H3.